The number of aromatic nitrogens is 3. The molecule has 0 spiro atoms. The van der Waals surface area contributed by atoms with Gasteiger partial charge in [-0.1, -0.05) is 0 Å². The normalized spacial score (nSPS) is 15.1. The summed E-state index contributed by atoms with van der Waals surface area (Å²) in [7, 11) is 1.85. The first-order chi connectivity index (χ1) is 12.5. The number of nitrogens with one attached hydrogen (secondary N) is 1. The first-order valence-corrected chi connectivity index (χ1v) is 9.54. The number of carbonyl (C=O) groups is 1. The second-order valence-corrected chi connectivity index (χ2v) is 7.55. The average molecular weight is 503 g/mol. The molecule has 1 fully saturated rings. The second-order valence-electron chi connectivity index (χ2n) is 6.26. The van der Waals surface area contributed by atoms with E-state index >= 15 is 0 Å². The maximum atomic E-state index is 12.6. The largest absolute Gasteiger partial charge is 0.356 e. The number of anilines is 1. The molecule has 1 N–H and O–H groups in total. The van der Waals surface area contributed by atoms with Crippen LogP contribution in [0.25, 0.3) is 0 Å². The fourth-order valence-corrected chi connectivity index (χ4v) is 3.71. The van der Waals surface area contributed by atoms with Gasteiger partial charge in [-0.2, -0.15) is 5.10 Å². The third-order valence-electron chi connectivity index (χ3n) is 4.29. The number of nitrogens with zero attached hydrogens (tertiary/aromatic N) is 6. The Balaban J connectivity index is 0.00000261. The number of guanidine groups is 1. The van der Waals surface area contributed by atoms with E-state index in [4.69, 9.17) is 4.99 Å². The highest BCUT2D eigenvalue weighted by molar-refractivity contribution is 14.0. The Kier molecular flexibility index (Phi) is 7.59. The van der Waals surface area contributed by atoms with Gasteiger partial charge in [-0.15, -0.1) is 35.3 Å². The molecule has 3 rings (SSSR count). The van der Waals surface area contributed by atoms with Gasteiger partial charge in [-0.25, -0.2) is 9.98 Å². The summed E-state index contributed by atoms with van der Waals surface area (Å²) in [4.78, 5) is 26.8. The molecule has 0 bridgehead atoms. The first-order valence-electron chi connectivity index (χ1n) is 8.73. The van der Waals surface area contributed by atoms with Crippen molar-refractivity contribution in [3.05, 3.63) is 28.0 Å². The summed E-state index contributed by atoms with van der Waals surface area (Å²) in [5, 5.41) is 8.43. The molecule has 1 amide bonds. The van der Waals surface area contributed by atoms with Crippen LogP contribution in [0.3, 0.4) is 0 Å². The van der Waals surface area contributed by atoms with E-state index in [2.05, 4.69) is 22.3 Å². The number of thiazole rings is 1. The number of rotatable bonds is 4. The van der Waals surface area contributed by atoms with Crippen molar-refractivity contribution < 1.29 is 4.79 Å². The van der Waals surface area contributed by atoms with Crippen molar-refractivity contribution in [2.75, 3.05) is 31.1 Å². The molecule has 0 radical (unpaired) electrons. The monoisotopic (exact) mass is 503 g/mol. The Hall–Kier alpha value is -1.69. The minimum atomic E-state index is 0. The van der Waals surface area contributed by atoms with E-state index in [9.17, 15) is 4.79 Å². The van der Waals surface area contributed by atoms with E-state index in [0.29, 0.717) is 19.6 Å². The van der Waals surface area contributed by atoms with Gasteiger partial charge in [0.25, 0.3) is 0 Å². The summed E-state index contributed by atoms with van der Waals surface area (Å²) >= 11 is 1.67. The smallest absolute Gasteiger partial charge is 0.246 e. The van der Waals surface area contributed by atoms with Crippen LogP contribution in [0, 0.1) is 13.8 Å². The van der Waals surface area contributed by atoms with Gasteiger partial charge in [0.05, 0.1) is 24.1 Å². The van der Waals surface area contributed by atoms with Gasteiger partial charge in [0, 0.05) is 37.8 Å². The summed E-state index contributed by atoms with van der Waals surface area (Å²) in [5.74, 6) is 0.813. The van der Waals surface area contributed by atoms with E-state index < -0.39 is 0 Å². The lowest BCUT2D eigenvalue weighted by Crippen LogP contribution is -2.55. The highest BCUT2D eigenvalue weighted by Gasteiger charge is 2.27. The molecule has 2 aromatic rings. The molecule has 1 aliphatic heterocycles. The lowest BCUT2D eigenvalue weighted by atomic mass is 10.3. The fourth-order valence-electron chi connectivity index (χ4n) is 2.85. The SMILES string of the molecule is CCNC(=NCc1nc(C)c(C)s1)N1CCN(c2cnn(C)c2)C(=O)C1.I. The number of amides is 1. The summed E-state index contributed by atoms with van der Waals surface area (Å²) in [6, 6.07) is 0. The van der Waals surface area contributed by atoms with Gasteiger partial charge in [-0.05, 0) is 20.8 Å². The van der Waals surface area contributed by atoms with Gasteiger partial charge < -0.3 is 15.1 Å². The van der Waals surface area contributed by atoms with Crippen LogP contribution >= 0.6 is 35.3 Å². The van der Waals surface area contributed by atoms with Crippen molar-refractivity contribution >= 4 is 52.9 Å². The van der Waals surface area contributed by atoms with Crippen molar-refractivity contribution in [1.29, 1.82) is 0 Å². The van der Waals surface area contributed by atoms with Crippen LogP contribution in [0.15, 0.2) is 17.4 Å². The van der Waals surface area contributed by atoms with Crippen LogP contribution in [0.4, 0.5) is 5.69 Å². The van der Waals surface area contributed by atoms with Crippen LogP contribution in [-0.4, -0.2) is 57.7 Å². The Bertz CT molecular complexity index is 797. The van der Waals surface area contributed by atoms with Crippen molar-refractivity contribution in [1.82, 2.24) is 25.0 Å². The van der Waals surface area contributed by atoms with E-state index in [0.717, 1.165) is 35.4 Å². The molecule has 10 heteroatoms. The highest BCUT2D eigenvalue weighted by atomic mass is 127. The summed E-state index contributed by atoms with van der Waals surface area (Å²) in [6.45, 7) is 9.04. The molecular weight excluding hydrogens is 477 g/mol. The zero-order chi connectivity index (χ0) is 18.7. The molecule has 1 saturated heterocycles. The standard InChI is InChI=1S/C17H25N7OS.HI/c1-5-18-17(19-9-15-21-12(2)13(3)26-15)23-6-7-24(16(25)11-23)14-8-20-22(4)10-14;/h8,10H,5-7,9,11H2,1-4H3,(H,18,19);1H. The summed E-state index contributed by atoms with van der Waals surface area (Å²) in [6.07, 6.45) is 3.58. The predicted molar refractivity (Wildman–Crippen MR) is 119 cm³/mol. The van der Waals surface area contributed by atoms with Crippen molar-refractivity contribution in [3.63, 3.8) is 0 Å². The quantitative estimate of drug-likeness (QED) is 0.392. The Morgan fingerprint density at radius 2 is 2.15 bits per heavy atom. The molecule has 3 heterocycles. The van der Waals surface area contributed by atoms with Crippen LogP contribution in [0.1, 0.15) is 22.5 Å². The number of halogens is 1. The maximum Gasteiger partial charge on any atom is 0.246 e. The van der Waals surface area contributed by atoms with Crippen LogP contribution in [0.2, 0.25) is 0 Å². The Morgan fingerprint density at radius 3 is 2.70 bits per heavy atom. The second kappa shape index (κ2) is 9.49. The third kappa shape index (κ3) is 5.18. The van der Waals surface area contributed by atoms with Gasteiger partial charge >= 0.3 is 0 Å². The van der Waals surface area contributed by atoms with E-state index in [-0.39, 0.29) is 29.9 Å². The molecule has 0 atom stereocenters. The van der Waals surface area contributed by atoms with Gasteiger partial charge in [0.2, 0.25) is 5.91 Å². The van der Waals surface area contributed by atoms with Gasteiger partial charge in [-0.3, -0.25) is 9.48 Å². The Morgan fingerprint density at radius 1 is 1.37 bits per heavy atom. The molecule has 0 saturated carbocycles. The average Bonchev–Trinajstić information content (AvgIpc) is 3.17. The predicted octanol–water partition coefficient (Wildman–Crippen LogP) is 1.93. The van der Waals surface area contributed by atoms with Gasteiger partial charge in [0.15, 0.2) is 5.96 Å². The third-order valence-corrected chi connectivity index (χ3v) is 5.35. The Labute approximate surface area is 180 Å². The zero-order valence-corrected chi connectivity index (χ0v) is 19.2. The van der Waals surface area contributed by atoms with E-state index in [1.165, 1.54) is 4.88 Å². The lowest BCUT2D eigenvalue weighted by Gasteiger charge is -2.35. The van der Waals surface area contributed by atoms with Crippen molar-refractivity contribution in [2.45, 2.75) is 27.3 Å². The summed E-state index contributed by atoms with van der Waals surface area (Å²) < 4.78 is 1.71. The lowest BCUT2D eigenvalue weighted by molar-refractivity contribution is -0.120. The number of carbonyl (C=O) groups excluding carboxylic acids is 1. The topological polar surface area (TPSA) is 78.7 Å². The molecule has 1 aliphatic rings. The van der Waals surface area contributed by atoms with Crippen LogP contribution in [-0.2, 0) is 18.4 Å². The summed E-state index contributed by atoms with van der Waals surface area (Å²) in [5.41, 5.74) is 1.90. The van der Waals surface area contributed by atoms with Gasteiger partial charge in [0.1, 0.15) is 11.6 Å². The number of aryl methyl sites for hydroxylation is 3. The first kappa shape index (κ1) is 21.6. The maximum absolute atomic E-state index is 12.6. The minimum Gasteiger partial charge on any atom is -0.356 e. The van der Waals surface area contributed by atoms with Crippen molar-refractivity contribution in [3.8, 4) is 0 Å². The molecule has 27 heavy (non-hydrogen) atoms. The molecular formula is C17H26IN7OS. The number of piperazine rings is 1. The molecule has 0 unspecified atom stereocenters. The number of hydrogen-bond acceptors (Lipinski definition) is 5. The molecule has 148 valence electrons. The van der Waals surface area contributed by atoms with E-state index in [1.807, 2.05) is 32.0 Å². The van der Waals surface area contributed by atoms with Crippen LogP contribution in [0.5, 0.6) is 0 Å². The zero-order valence-electron chi connectivity index (χ0n) is 16.1. The molecule has 2 aromatic heterocycles. The van der Waals surface area contributed by atoms with Crippen molar-refractivity contribution in [2.24, 2.45) is 12.0 Å². The van der Waals surface area contributed by atoms with E-state index in [1.54, 1.807) is 27.1 Å². The van der Waals surface area contributed by atoms with Crippen LogP contribution < -0.4 is 10.2 Å². The fraction of sp³-hybridized carbons (Fsp3) is 0.529. The molecule has 0 aliphatic carbocycles. The minimum absolute atomic E-state index is 0. The highest BCUT2D eigenvalue weighted by Crippen LogP contribution is 2.18. The number of hydrogen-bond donors (Lipinski definition) is 1. The molecule has 8 nitrogen and oxygen atoms in total. The number of aliphatic imine (C=N–C) groups is 1. The molecule has 0 aromatic carbocycles.